The Hall–Kier alpha value is -2.04. The highest BCUT2D eigenvalue weighted by atomic mass is 16.6. The third kappa shape index (κ3) is 4.28. The number of hydrogen-bond acceptors (Lipinski definition) is 4. The molecule has 5 nitrogen and oxygen atoms in total. The number of aryl methyl sites for hydroxylation is 1. The second-order valence-electron chi connectivity index (χ2n) is 8.91. The van der Waals surface area contributed by atoms with Crippen molar-refractivity contribution in [2.45, 2.75) is 77.0 Å². The van der Waals surface area contributed by atoms with Crippen molar-refractivity contribution in [2.75, 3.05) is 7.11 Å². The van der Waals surface area contributed by atoms with Gasteiger partial charge in [-0.1, -0.05) is 29.8 Å². The molecule has 5 heteroatoms. The summed E-state index contributed by atoms with van der Waals surface area (Å²) in [6.45, 7) is 7.63. The molecule has 1 aliphatic heterocycles. The van der Waals surface area contributed by atoms with Crippen LogP contribution in [-0.4, -0.2) is 41.8 Å². The Balaban J connectivity index is 1.84. The van der Waals surface area contributed by atoms with Crippen LogP contribution in [0.1, 0.15) is 63.5 Å². The van der Waals surface area contributed by atoms with E-state index in [1.807, 2.05) is 20.8 Å². The number of carbonyl (C=O) groups excluding carboxylic acids is 2. The van der Waals surface area contributed by atoms with Crippen LogP contribution in [-0.2, 0) is 14.3 Å². The molecule has 1 saturated carbocycles. The summed E-state index contributed by atoms with van der Waals surface area (Å²) >= 11 is 0. The fourth-order valence-electron chi connectivity index (χ4n) is 4.52. The third-order valence-corrected chi connectivity index (χ3v) is 5.80. The molecule has 0 unspecified atom stereocenters. The molecule has 27 heavy (non-hydrogen) atoms. The van der Waals surface area contributed by atoms with Gasteiger partial charge in [0.2, 0.25) is 0 Å². The lowest BCUT2D eigenvalue weighted by molar-refractivity contribution is -0.146. The molecule has 148 valence electrons. The van der Waals surface area contributed by atoms with Crippen LogP contribution >= 0.6 is 0 Å². The van der Waals surface area contributed by atoms with Crippen LogP contribution in [0, 0.1) is 12.8 Å². The van der Waals surface area contributed by atoms with Crippen LogP contribution in [0.15, 0.2) is 24.3 Å². The predicted octanol–water partition coefficient (Wildman–Crippen LogP) is 4.43. The smallest absolute Gasteiger partial charge is 0.411 e. The topological polar surface area (TPSA) is 55.8 Å². The van der Waals surface area contributed by atoms with E-state index in [1.54, 1.807) is 4.90 Å². The summed E-state index contributed by atoms with van der Waals surface area (Å²) < 4.78 is 10.6. The number of esters is 1. The number of methoxy groups -OCH3 is 1. The van der Waals surface area contributed by atoms with Gasteiger partial charge in [-0.15, -0.1) is 0 Å². The molecule has 0 aromatic heterocycles. The van der Waals surface area contributed by atoms with Crippen molar-refractivity contribution in [1.82, 2.24) is 4.90 Å². The second-order valence-corrected chi connectivity index (χ2v) is 8.91. The van der Waals surface area contributed by atoms with Crippen LogP contribution in [0.4, 0.5) is 4.79 Å². The standard InChI is InChI=1S/C22H31NO4/c1-14-6-8-15(9-7-14)16-10-11-17-13-19(20(24)26-5)23(18(17)12-16)21(25)27-22(2,3)4/h6-9,16-19H,10-13H2,1-5H3/t16-,17-,18-,19-/m0/s1. The summed E-state index contributed by atoms with van der Waals surface area (Å²) in [6.07, 6.45) is 3.21. The Morgan fingerprint density at radius 2 is 1.74 bits per heavy atom. The van der Waals surface area contributed by atoms with Crippen LogP contribution in [0.5, 0.6) is 0 Å². The molecule has 1 aromatic carbocycles. The largest absolute Gasteiger partial charge is 0.467 e. The quantitative estimate of drug-likeness (QED) is 0.720. The minimum atomic E-state index is -0.596. The van der Waals surface area contributed by atoms with Crippen LogP contribution in [0.2, 0.25) is 0 Å². The van der Waals surface area contributed by atoms with Crippen LogP contribution in [0.25, 0.3) is 0 Å². The monoisotopic (exact) mass is 373 g/mol. The highest BCUT2D eigenvalue weighted by molar-refractivity contribution is 5.82. The minimum Gasteiger partial charge on any atom is -0.467 e. The van der Waals surface area contributed by atoms with Crippen LogP contribution < -0.4 is 0 Å². The Kier molecular flexibility index (Phi) is 5.50. The molecular weight excluding hydrogens is 342 g/mol. The lowest BCUT2D eigenvalue weighted by Gasteiger charge is -2.37. The average Bonchev–Trinajstić information content (AvgIpc) is 2.99. The van der Waals surface area contributed by atoms with Gasteiger partial charge in [0.05, 0.1) is 7.11 Å². The summed E-state index contributed by atoms with van der Waals surface area (Å²) in [5.74, 6) is 0.374. The molecule has 4 atom stereocenters. The fraction of sp³-hybridized carbons (Fsp3) is 0.636. The number of fused-ring (bicyclic) bond motifs is 1. The molecule has 1 saturated heterocycles. The highest BCUT2D eigenvalue weighted by Crippen LogP contribution is 2.45. The Morgan fingerprint density at radius 1 is 1.07 bits per heavy atom. The number of carbonyl (C=O) groups is 2. The molecule has 1 amide bonds. The highest BCUT2D eigenvalue weighted by Gasteiger charge is 2.50. The fourth-order valence-corrected chi connectivity index (χ4v) is 4.52. The first kappa shape index (κ1) is 19.7. The number of amides is 1. The van der Waals surface area contributed by atoms with E-state index in [1.165, 1.54) is 18.2 Å². The van der Waals surface area contributed by atoms with Gasteiger partial charge in [0.15, 0.2) is 0 Å². The molecule has 3 rings (SSSR count). The normalized spacial score (nSPS) is 27.8. The summed E-state index contributed by atoms with van der Waals surface area (Å²) in [5, 5.41) is 0. The molecule has 0 bridgehead atoms. The van der Waals surface area contributed by atoms with Crippen molar-refractivity contribution in [3.63, 3.8) is 0 Å². The average molecular weight is 373 g/mol. The Morgan fingerprint density at radius 3 is 2.33 bits per heavy atom. The van der Waals surface area contributed by atoms with E-state index in [-0.39, 0.29) is 12.0 Å². The number of nitrogens with zero attached hydrogens (tertiary/aromatic N) is 1. The first-order valence-electron chi connectivity index (χ1n) is 9.85. The van der Waals surface area contributed by atoms with Gasteiger partial charge in [0, 0.05) is 6.04 Å². The van der Waals surface area contributed by atoms with E-state index in [9.17, 15) is 9.59 Å². The van der Waals surface area contributed by atoms with Gasteiger partial charge in [-0.05, 0) is 70.8 Å². The maximum Gasteiger partial charge on any atom is 0.411 e. The van der Waals surface area contributed by atoms with Crippen molar-refractivity contribution >= 4 is 12.1 Å². The molecular formula is C22H31NO4. The first-order chi connectivity index (χ1) is 12.7. The molecule has 2 fully saturated rings. The lowest BCUT2D eigenvalue weighted by atomic mass is 9.75. The van der Waals surface area contributed by atoms with Crippen molar-refractivity contribution in [3.8, 4) is 0 Å². The molecule has 0 spiro atoms. The maximum atomic E-state index is 12.9. The zero-order valence-electron chi connectivity index (χ0n) is 17.0. The van der Waals surface area contributed by atoms with E-state index in [0.29, 0.717) is 18.3 Å². The number of benzene rings is 1. The molecule has 1 aliphatic carbocycles. The molecule has 0 N–H and O–H groups in total. The summed E-state index contributed by atoms with van der Waals surface area (Å²) in [7, 11) is 1.38. The number of likely N-dealkylation sites (tertiary alicyclic amines) is 1. The number of hydrogen-bond donors (Lipinski definition) is 0. The lowest BCUT2D eigenvalue weighted by Crippen LogP contribution is -2.49. The second kappa shape index (κ2) is 7.53. The molecule has 0 radical (unpaired) electrons. The molecule has 1 aromatic rings. The molecule has 2 aliphatic rings. The maximum absolute atomic E-state index is 12.9. The SMILES string of the molecule is COC(=O)[C@@H]1C[C@@H]2CC[C@H](c3ccc(C)cc3)C[C@@H]2N1C(=O)OC(C)(C)C. The van der Waals surface area contributed by atoms with Crippen LogP contribution in [0.3, 0.4) is 0 Å². The van der Waals surface area contributed by atoms with Crippen molar-refractivity contribution < 1.29 is 19.1 Å². The van der Waals surface area contributed by atoms with Gasteiger partial charge >= 0.3 is 12.1 Å². The van der Waals surface area contributed by atoms with Crippen molar-refractivity contribution in [2.24, 2.45) is 5.92 Å². The summed E-state index contributed by atoms with van der Waals surface area (Å²) in [6, 6.07) is 8.12. The van der Waals surface area contributed by atoms with Gasteiger partial charge in [-0.25, -0.2) is 9.59 Å². The zero-order valence-corrected chi connectivity index (χ0v) is 17.0. The van der Waals surface area contributed by atoms with Gasteiger partial charge in [0.25, 0.3) is 0 Å². The number of ether oxygens (including phenoxy) is 2. The van der Waals surface area contributed by atoms with E-state index in [4.69, 9.17) is 9.47 Å². The minimum absolute atomic E-state index is 0.0176. The zero-order chi connectivity index (χ0) is 19.8. The van der Waals surface area contributed by atoms with Crippen molar-refractivity contribution in [3.05, 3.63) is 35.4 Å². The van der Waals surface area contributed by atoms with Gasteiger partial charge in [-0.3, -0.25) is 4.90 Å². The summed E-state index contributed by atoms with van der Waals surface area (Å²) in [4.78, 5) is 27.0. The van der Waals surface area contributed by atoms with E-state index in [0.717, 1.165) is 19.3 Å². The van der Waals surface area contributed by atoms with Gasteiger partial charge in [-0.2, -0.15) is 0 Å². The van der Waals surface area contributed by atoms with Crippen molar-refractivity contribution in [1.29, 1.82) is 0 Å². The third-order valence-electron chi connectivity index (χ3n) is 5.80. The first-order valence-corrected chi connectivity index (χ1v) is 9.85. The molecule has 1 heterocycles. The Bertz CT molecular complexity index is 691. The summed E-state index contributed by atoms with van der Waals surface area (Å²) in [5.41, 5.74) is 1.96. The van der Waals surface area contributed by atoms with Gasteiger partial charge in [0.1, 0.15) is 11.6 Å². The Labute approximate surface area is 162 Å². The van der Waals surface area contributed by atoms with E-state index in [2.05, 4.69) is 31.2 Å². The van der Waals surface area contributed by atoms with E-state index < -0.39 is 17.7 Å². The van der Waals surface area contributed by atoms with E-state index >= 15 is 0 Å². The van der Waals surface area contributed by atoms with Gasteiger partial charge < -0.3 is 9.47 Å². The number of rotatable bonds is 2. The predicted molar refractivity (Wildman–Crippen MR) is 104 cm³/mol.